The molecular formula is C8H2BrClF3NO3S. The van der Waals surface area contributed by atoms with Crippen LogP contribution in [0.15, 0.2) is 21.5 Å². The predicted octanol–water partition coefficient (Wildman–Crippen LogP) is 3.15. The number of ether oxygens (including phenoxy) is 1. The molecule has 0 aliphatic carbocycles. The zero-order valence-corrected chi connectivity index (χ0v) is 11.3. The fourth-order valence-electron chi connectivity index (χ4n) is 1.07. The first-order chi connectivity index (χ1) is 8.06. The minimum Gasteiger partial charge on any atom is -0.405 e. The van der Waals surface area contributed by atoms with Gasteiger partial charge >= 0.3 is 6.36 Å². The van der Waals surface area contributed by atoms with Crippen LogP contribution in [-0.4, -0.2) is 14.8 Å². The molecule has 1 aromatic carbocycles. The molecular weight excluding hydrogens is 363 g/mol. The van der Waals surface area contributed by atoms with Gasteiger partial charge in [-0.1, -0.05) is 0 Å². The molecule has 4 nitrogen and oxygen atoms in total. The highest BCUT2D eigenvalue weighted by Crippen LogP contribution is 2.38. The minimum atomic E-state index is -5.00. The van der Waals surface area contributed by atoms with E-state index >= 15 is 0 Å². The van der Waals surface area contributed by atoms with E-state index in [2.05, 4.69) is 20.7 Å². The molecule has 0 heterocycles. The van der Waals surface area contributed by atoms with Crippen molar-refractivity contribution < 1.29 is 26.3 Å². The van der Waals surface area contributed by atoms with E-state index < -0.39 is 36.1 Å². The molecule has 0 atom stereocenters. The van der Waals surface area contributed by atoms with Gasteiger partial charge in [0.2, 0.25) is 0 Å². The first kappa shape index (κ1) is 15.1. The number of benzene rings is 1. The number of nitriles is 1. The lowest BCUT2D eigenvalue weighted by molar-refractivity contribution is -0.275. The van der Waals surface area contributed by atoms with Crippen LogP contribution >= 0.6 is 26.6 Å². The molecule has 0 spiro atoms. The summed E-state index contributed by atoms with van der Waals surface area (Å²) < 4.78 is 61.5. The van der Waals surface area contributed by atoms with E-state index in [-0.39, 0.29) is 0 Å². The molecule has 98 valence electrons. The van der Waals surface area contributed by atoms with E-state index in [9.17, 15) is 21.6 Å². The zero-order valence-electron chi connectivity index (χ0n) is 8.12. The number of rotatable bonds is 2. The van der Waals surface area contributed by atoms with Gasteiger partial charge in [-0.2, -0.15) is 5.26 Å². The average molecular weight is 365 g/mol. The Labute approximate surface area is 112 Å². The van der Waals surface area contributed by atoms with Crippen molar-refractivity contribution in [3.8, 4) is 11.8 Å². The largest absolute Gasteiger partial charge is 0.573 e. The Hall–Kier alpha value is -0.980. The number of hydrogen-bond acceptors (Lipinski definition) is 4. The van der Waals surface area contributed by atoms with Crippen LogP contribution < -0.4 is 4.74 Å². The Morgan fingerprint density at radius 3 is 2.33 bits per heavy atom. The molecule has 0 unspecified atom stereocenters. The van der Waals surface area contributed by atoms with Crippen molar-refractivity contribution in [2.75, 3.05) is 0 Å². The van der Waals surface area contributed by atoms with Gasteiger partial charge in [-0.15, -0.1) is 13.2 Å². The SMILES string of the molecule is N#Cc1ccc(OC(F)(F)F)c(Br)c1S(=O)(=O)Cl. The second kappa shape index (κ2) is 4.95. The Morgan fingerprint density at radius 2 is 1.94 bits per heavy atom. The van der Waals surface area contributed by atoms with Gasteiger partial charge in [-0.3, -0.25) is 0 Å². The predicted molar refractivity (Wildman–Crippen MR) is 58.6 cm³/mol. The lowest BCUT2D eigenvalue weighted by Crippen LogP contribution is -2.18. The quantitative estimate of drug-likeness (QED) is 0.756. The van der Waals surface area contributed by atoms with E-state index in [0.29, 0.717) is 0 Å². The van der Waals surface area contributed by atoms with Crippen LogP contribution in [0.3, 0.4) is 0 Å². The van der Waals surface area contributed by atoms with Gasteiger partial charge in [0.15, 0.2) is 0 Å². The van der Waals surface area contributed by atoms with Gasteiger partial charge in [0.25, 0.3) is 9.05 Å². The van der Waals surface area contributed by atoms with Crippen LogP contribution in [0.2, 0.25) is 0 Å². The summed E-state index contributed by atoms with van der Waals surface area (Å²) in [4.78, 5) is -0.770. The summed E-state index contributed by atoms with van der Waals surface area (Å²) >= 11 is 2.62. The fourth-order valence-corrected chi connectivity index (χ4v) is 3.59. The van der Waals surface area contributed by atoms with Crippen LogP contribution in [0.25, 0.3) is 0 Å². The van der Waals surface area contributed by atoms with Gasteiger partial charge < -0.3 is 4.74 Å². The fraction of sp³-hybridized carbons (Fsp3) is 0.125. The Kier molecular flexibility index (Phi) is 4.15. The normalized spacial score (nSPS) is 12.0. The van der Waals surface area contributed by atoms with Crippen molar-refractivity contribution >= 4 is 35.7 Å². The summed E-state index contributed by atoms with van der Waals surface area (Å²) in [7, 11) is 0.646. The Morgan fingerprint density at radius 1 is 1.39 bits per heavy atom. The second-order valence-electron chi connectivity index (χ2n) is 2.85. The third-order valence-corrected chi connectivity index (χ3v) is 4.08. The zero-order chi connectivity index (χ0) is 14.1. The first-order valence-electron chi connectivity index (χ1n) is 3.99. The Balaban J connectivity index is 3.51. The highest BCUT2D eigenvalue weighted by atomic mass is 79.9. The monoisotopic (exact) mass is 363 g/mol. The van der Waals surface area contributed by atoms with Gasteiger partial charge in [0, 0.05) is 10.7 Å². The summed E-state index contributed by atoms with van der Waals surface area (Å²) in [5, 5.41) is 8.67. The van der Waals surface area contributed by atoms with Crippen molar-refractivity contribution in [3.63, 3.8) is 0 Å². The molecule has 10 heteroatoms. The molecule has 0 aromatic heterocycles. The Bertz CT molecular complexity index is 624. The first-order valence-corrected chi connectivity index (χ1v) is 7.09. The van der Waals surface area contributed by atoms with Gasteiger partial charge in [-0.25, -0.2) is 8.42 Å². The van der Waals surface area contributed by atoms with Crippen LogP contribution in [0.1, 0.15) is 5.56 Å². The molecule has 0 fully saturated rings. The smallest absolute Gasteiger partial charge is 0.405 e. The van der Waals surface area contributed by atoms with Crippen molar-refractivity contribution in [3.05, 3.63) is 22.2 Å². The van der Waals surface area contributed by atoms with Crippen molar-refractivity contribution in [1.29, 1.82) is 5.26 Å². The van der Waals surface area contributed by atoms with Gasteiger partial charge in [0.05, 0.1) is 10.0 Å². The molecule has 0 amide bonds. The highest BCUT2D eigenvalue weighted by molar-refractivity contribution is 9.10. The molecule has 1 aromatic rings. The van der Waals surface area contributed by atoms with E-state index in [4.69, 9.17) is 15.9 Å². The summed E-state index contributed by atoms with van der Waals surface area (Å²) in [6.07, 6.45) is -5.00. The maximum Gasteiger partial charge on any atom is 0.573 e. The summed E-state index contributed by atoms with van der Waals surface area (Å²) in [6.45, 7) is 0. The van der Waals surface area contributed by atoms with E-state index in [0.717, 1.165) is 12.1 Å². The van der Waals surface area contributed by atoms with Crippen molar-refractivity contribution in [2.45, 2.75) is 11.3 Å². The van der Waals surface area contributed by atoms with Gasteiger partial charge in [0.1, 0.15) is 16.7 Å². The maximum absolute atomic E-state index is 12.0. The second-order valence-corrected chi connectivity index (χ2v) is 6.15. The third kappa shape index (κ3) is 3.51. The molecule has 0 radical (unpaired) electrons. The average Bonchev–Trinajstić information content (AvgIpc) is 2.16. The van der Waals surface area contributed by atoms with E-state index in [1.165, 1.54) is 6.07 Å². The van der Waals surface area contributed by atoms with Crippen LogP contribution in [0.4, 0.5) is 13.2 Å². The molecule has 0 aliphatic heterocycles. The minimum absolute atomic E-state index is 0.397. The number of alkyl halides is 3. The lowest BCUT2D eigenvalue weighted by Gasteiger charge is -2.12. The van der Waals surface area contributed by atoms with Crippen LogP contribution in [0, 0.1) is 11.3 Å². The molecule has 0 aliphatic rings. The molecule has 0 saturated carbocycles. The summed E-state index contributed by atoms with van der Waals surface area (Å²) in [6, 6.07) is 3.17. The van der Waals surface area contributed by atoms with Gasteiger partial charge in [-0.05, 0) is 28.1 Å². The summed E-state index contributed by atoms with van der Waals surface area (Å²) in [5.74, 6) is -0.805. The van der Waals surface area contributed by atoms with Crippen LogP contribution in [0.5, 0.6) is 5.75 Å². The van der Waals surface area contributed by atoms with Crippen molar-refractivity contribution in [1.82, 2.24) is 0 Å². The van der Waals surface area contributed by atoms with E-state index in [1.807, 2.05) is 0 Å². The van der Waals surface area contributed by atoms with E-state index in [1.54, 1.807) is 0 Å². The number of halogens is 5. The molecule has 0 bridgehead atoms. The highest BCUT2D eigenvalue weighted by Gasteiger charge is 2.33. The molecule has 0 N–H and O–H groups in total. The molecule has 18 heavy (non-hydrogen) atoms. The number of hydrogen-bond donors (Lipinski definition) is 0. The number of nitrogens with zero attached hydrogens (tertiary/aromatic N) is 1. The molecule has 1 rings (SSSR count). The standard InChI is InChI=1S/C8H2BrClF3NO3S/c9-6-5(17-8(11,12)13)2-1-4(3-14)7(6)18(10,15)16/h1-2H. The third-order valence-electron chi connectivity index (χ3n) is 1.65. The van der Waals surface area contributed by atoms with Crippen LogP contribution in [-0.2, 0) is 9.05 Å². The van der Waals surface area contributed by atoms with Crippen molar-refractivity contribution in [2.24, 2.45) is 0 Å². The maximum atomic E-state index is 12.0. The topological polar surface area (TPSA) is 67.2 Å². The summed E-state index contributed by atoms with van der Waals surface area (Å²) in [5.41, 5.74) is -0.397. The molecule has 0 saturated heterocycles. The lowest BCUT2D eigenvalue weighted by atomic mass is 10.2.